The van der Waals surface area contributed by atoms with Gasteiger partial charge in [-0.2, -0.15) is 0 Å². The molecule has 3 rings (SSSR count). The first-order valence-electron chi connectivity index (χ1n) is 7.98. The number of rotatable bonds is 2. The third kappa shape index (κ3) is 2.71. The summed E-state index contributed by atoms with van der Waals surface area (Å²) in [6.07, 6.45) is 10.8. The molecule has 1 saturated heterocycles. The number of hydrogen-bond acceptors (Lipinski definition) is 2. The van der Waals surface area contributed by atoms with E-state index in [1.807, 2.05) is 0 Å². The van der Waals surface area contributed by atoms with E-state index in [4.69, 9.17) is 0 Å². The van der Waals surface area contributed by atoms with Crippen LogP contribution in [0, 0.1) is 11.8 Å². The Bertz CT molecular complexity index is 406. The number of aromatic nitrogens is 2. The summed E-state index contributed by atoms with van der Waals surface area (Å²) in [7, 11) is 0. The molecule has 0 aromatic carbocycles. The van der Waals surface area contributed by atoms with Crippen molar-refractivity contribution < 1.29 is 0 Å². The van der Waals surface area contributed by atoms with Gasteiger partial charge in [0.05, 0.1) is 6.33 Å². The van der Waals surface area contributed by atoms with Gasteiger partial charge in [-0.15, -0.1) is 0 Å². The maximum Gasteiger partial charge on any atom is 0.0950 e. The summed E-state index contributed by atoms with van der Waals surface area (Å²) in [5, 5.41) is 3.46. The summed E-state index contributed by atoms with van der Waals surface area (Å²) >= 11 is 0. The quantitative estimate of drug-likeness (QED) is 0.885. The lowest BCUT2D eigenvalue weighted by Crippen LogP contribution is -2.30. The summed E-state index contributed by atoms with van der Waals surface area (Å²) in [5.74, 6) is 2.41. The van der Waals surface area contributed by atoms with Crippen molar-refractivity contribution in [3.05, 3.63) is 18.2 Å². The molecular weight excluding hydrogens is 234 g/mol. The van der Waals surface area contributed by atoms with Crippen LogP contribution >= 0.6 is 0 Å². The van der Waals surface area contributed by atoms with Gasteiger partial charge in [0, 0.05) is 23.9 Å². The van der Waals surface area contributed by atoms with E-state index in [1.54, 1.807) is 0 Å². The topological polar surface area (TPSA) is 29.9 Å². The summed E-state index contributed by atoms with van der Waals surface area (Å²) in [5.41, 5.74) is 1.49. The van der Waals surface area contributed by atoms with Crippen LogP contribution in [-0.2, 0) is 0 Å². The van der Waals surface area contributed by atoms with Crippen LogP contribution in [0.3, 0.4) is 0 Å². The number of nitrogens with zero attached hydrogens (tertiary/aromatic N) is 2. The first kappa shape index (κ1) is 13.2. The highest BCUT2D eigenvalue weighted by Gasteiger charge is 2.29. The molecule has 1 aromatic heterocycles. The Morgan fingerprint density at radius 1 is 1.16 bits per heavy atom. The SMILES string of the molecule is CC1CCC(n2cncc2C2CCNCC2)C(C)C1. The summed E-state index contributed by atoms with van der Waals surface area (Å²) in [6, 6.07) is 0.684. The lowest BCUT2D eigenvalue weighted by Gasteiger charge is -2.36. The van der Waals surface area contributed by atoms with Crippen LogP contribution in [0.1, 0.15) is 63.6 Å². The fourth-order valence-electron chi connectivity index (χ4n) is 4.09. The van der Waals surface area contributed by atoms with E-state index >= 15 is 0 Å². The average Bonchev–Trinajstić information content (AvgIpc) is 2.89. The fraction of sp³-hybridized carbons (Fsp3) is 0.812. The van der Waals surface area contributed by atoms with E-state index in [0.29, 0.717) is 6.04 Å². The van der Waals surface area contributed by atoms with Crippen molar-refractivity contribution in [2.24, 2.45) is 11.8 Å². The molecule has 0 bridgehead atoms. The molecule has 3 heteroatoms. The van der Waals surface area contributed by atoms with Gasteiger partial charge in [0.15, 0.2) is 0 Å². The molecule has 106 valence electrons. The maximum atomic E-state index is 4.47. The predicted octanol–water partition coefficient (Wildman–Crippen LogP) is 3.35. The van der Waals surface area contributed by atoms with Crippen molar-refractivity contribution in [3.63, 3.8) is 0 Å². The molecule has 1 aliphatic carbocycles. The number of hydrogen-bond donors (Lipinski definition) is 1. The van der Waals surface area contributed by atoms with Gasteiger partial charge in [-0.3, -0.25) is 0 Å². The molecule has 1 saturated carbocycles. The highest BCUT2D eigenvalue weighted by atomic mass is 15.1. The Kier molecular flexibility index (Phi) is 3.92. The van der Waals surface area contributed by atoms with E-state index in [0.717, 1.165) is 30.8 Å². The zero-order chi connectivity index (χ0) is 13.2. The minimum atomic E-state index is 0.684. The second kappa shape index (κ2) is 5.66. The predicted molar refractivity (Wildman–Crippen MR) is 78.3 cm³/mol. The van der Waals surface area contributed by atoms with Crippen LogP contribution in [0.2, 0.25) is 0 Å². The Balaban J connectivity index is 1.79. The molecule has 1 aromatic rings. The molecule has 0 amide bonds. The van der Waals surface area contributed by atoms with E-state index in [1.165, 1.54) is 37.8 Å². The second-order valence-corrected chi connectivity index (χ2v) is 6.71. The number of piperidine rings is 1. The van der Waals surface area contributed by atoms with Crippen molar-refractivity contribution in [3.8, 4) is 0 Å². The third-order valence-electron chi connectivity index (χ3n) is 5.20. The third-order valence-corrected chi connectivity index (χ3v) is 5.20. The molecule has 3 nitrogen and oxygen atoms in total. The number of imidazole rings is 1. The molecule has 1 N–H and O–H groups in total. The van der Waals surface area contributed by atoms with Gasteiger partial charge in [-0.05, 0) is 57.0 Å². The van der Waals surface area contributed by atoms with Crippen LogP contribution in [0.15, 0.2) is 12.5 Å². The van der Waals surface area contributed by atoms with Gasteiger partial charge < -0.3 is 9.88 Å². The highest BCUT2D eigenvalue weighted by molar-refractivity contribution is 5.10. The largest absolute Gasteiger partial charge is 0.331 e. The van der Waals surface area contributed by atoms with E-state index < -0.39 is 0 Å². The first-order chi connectivity index (χ1) is 9.25. The van der Waals surface area contributed by atoms with Crippen LogP contribution in [0.5, 0.6) is 0 Å². The van der Waals surface area contributed by atoms with Crippen molar-refractivity contribution in [2.75, 3.05) is 13.1 Å². The smallest absolute Gasteiger partial charge is 0.0950 e. The van der Waals surface area contributed by atoms with Crippen molar-refractivity contribution in [2.45, 2.75) is 57.9 Å². The highest BCUT2D eigenvalue weighted by Crippen LogP contribution is 2.39. The lowest BCUT2D eigenvalue weighted by atomic mass is 9.79. The van der Waals surface area contributed by atoms with Gasteiger partial charge in [0.25, 0.3) is 0 Å². The molecule has 0 spiro atoms. The van der Waals surface area contributed by atoms with Gasteiger partial charge in [-0.25, -0.2) is 4.98 Å². The van der Waals surface area contributed by atoms with Crippen LogP contribution in [-0.4, -0.2) is 22.6 Å². The standard InChI is InChI=1S/C16H27N3/c1-12-3-4-15(13(2)9-12)19-11-18-10-16(19)14-5-7-17-8-6-14/h10-15,17H,3-9H2,1-2H3. The van der Waals surface area contributed by atoms with Crippen molar-refractivity contribution in [1.82, 2.24) is 14.9 Å². The molecular formula is C16H27N3. The second-order valence-electron chi connectivity index (χ2n) is 6.71. The van der Waals surface area contributed by atoms with Gasteiger partial charge in [-0.1, -0.05) is 13.8 Å². The van der Waals surface area contributed by atoms with E-state index in [2.05, 4.69) is 41.2 Å². The van der Waals surface area contributed by atoms with E-state index in [9.17, 15) is 0 Å². The van der Waals surface area contributed by atoms with Crippen LogP contribution in [0.25, 0.3) is 0 Å². The van der Waals surface area contributed by atoms with Gasteiger partial charge in [0.1, 0.15) is 0 Å². The molecule has 0 radical (unpaired) electrons. The Morgan fingerprint density at radius 2 is 1.95 bits per heavy atom. The summed E-state index contributed by atoms with van der Waals surface area (Å²) < 4.78 is 2.52. The minimum Gasteiger partial charge on any atom is -0.331 e. The van der Waals surface area contributed by atoms with E-state index in [-0.39, 0.29) is 0 Å². The molecule has 19 heavy (non-hydrogen) atoms. The molecule has 2 aliphatic rings. The Labute approximate surface area is 116 Å². The zero-order valence-electron chi connectivity index (χ0n) is 12.3. The Morgan fingerprint density at radius 3 is 2.68 bits per heavy atom. The normalized spacial score (nSPS) is 33.5. The zero-order valence-corrected chi connectivity index (χ0v) is 12.3. The summed E-state index contributed by atoms with van der Waals surface area (Å²) in [6.45, 7) is 7.14. The molecule has 2 fully saturated rings. The van der Waals surface area contributed by atoms with Crippen LogP contribution < -0.4 is 5.32 Å². The van der Waals surface area contributed by atoms with Crippen molar-refractivity contribution in [1.29, 1.82) is 0 Å². The maximum absolute atomic E-state index is 4.47. The van der Waals surface area contributed by atoms with Gasteiger partial charge >= 0.3 is 0 Å². The minimum absolute atomic E-state index is 0.684. The fourth-order valence-corrected chi connectivity index (χ4v) is 4.09. The molecule has 3 atom stereocenters. The average molecular weight is 261 g/mol. The molecule has 3 unspecified atom stereocenters. The molecule has 2 heterocycles. The first-order valence-corrected chi connectivity index (χ1v) is 7.98. The summed E-state index contributed by atoms with van der Waals surface area (Å²) in [4.78, 5) is 4.47. The molecule has 1 aliphatic heterocycles. The van der Waals surface area contributed by atoms with Gasteiger partial charge in [0.2, 0.25) is 0 Å². The van der Waals surface area contributed by atoms with Crippen molar-refractivity contribution >= 4 is 0 Å². The Hall–Kier alpha value is -0.830. The number of nitrogens with one attached hydrogen (secondary N) is 1. The van der Waals surface area contributed by atoms with Crippen LogP contribution in [0.4, 0.5) is 0 Å². The monoisotopic (exact) mass is 261 g/mol. The lowest BCUT2D eigenvalue weighted by molar-refractivity contribution is 0.201.